The van der Waals surface area contributed by atoms with Crippen LogP contribution in [-0.2, 0) is 10.0 Å². The van der Waals surface area contributed by atoms with E-state index >= 15 is 0 Å². The van der Waals surface area contributed by atoms with Crippen LogP contribution in [0.3, 0.4) is 0 Å². The molecule has 10 heteroatoms. The minimum atomic E-state index is -3.77. The number of aromatic nitrogens is 4. The molecule has 152 valence electrons. The molecule has 8 nitrogen and oxygen atoms in total. The van der Waals surface area contributed by atoms with Crippen molar-refractivity contribution in [3.05, 3.63) is 83.6 Å². The molecule has 0 amide bonds. The number of rotatable bonds is 6. The van der Waals surface area contributed by atoms with Gasteiger partial charge in [0, 0.05) is 29.2 Å². The van der Waals surface area contributed by atoms with E-state index in [4.69, 9.17) is 16.3 Å². The zero-order valence-corrected chi connectivity index (χ0v) is 17.3. The Morgan fingerprint density at radius 3 is 2.47 bits per heavy atom. The van der Waals surface area contributed by atoms with Crippen LogP contribution in [0.15, 0.2) is 78.0 Å². The second kappa shape index (κ2) is 8.13. The molecular weight excluding hydrogens is 426 g/mol. The Morgan fingerprint density at radius 2 is 1.80 bits per heavy atom. The van der Waals surface area contributed by atoms with Gasteiger partial charge < -0.3 is 4.74 Å². The van der Waals surface area contributed by atoms with Crippen molar-refractivity contribution in [2.45, 2.75) is 11.8 Å². The number of benzene rings is 2. The van der Waals surface area contributed by atoms with Gasteiger partial charge in [0.15, 0.2) is 5.82 Å². The normalized spacial score (nSPS) is 11.3. The smallest absolute Gasteiger partial charge is 0.262 e. The molecule has 30 heavy (non-hydrogen) atoms. The highest BCUT2D eigenvalue weighted by Crippen LogP contribution is 2.26. The highest BCUT2D eigenvalue weighted by molar-refractivity contribution is 7.92. The lowest BCUT2D eigenvalue weighted by atomic mass is 10.2. The van der Waals surface area contributed by atoms with E-state index in [0.29, 0.717) is 33.7 Å². The van der Waals surface area contributed by atoms with Gasteiger partial charge in [-0.2, -0.15) is 5.10 Å². The molecule has 0 saturated heterocycles. The van der Waals surface area contributed by atoms with Gasteiger partial charge in [-0.1, -0.05) is 17.7 Å². The highest BCUT2D eigenvalue weighted by Gasteiger charge is 2.18. The van der Waals surface area contributed by atoms with Crippen molar-refractivity contribution in [1.29, 1.82) is 0 Å². The molecule has 0 atom stereocenters. The van der Waals surface area contributed by atoms with Crippen LogP contribution in [0.5, 0.6) is 11.6 Å². The standard InChI is InChI=1S/C20H16ClN5O3S/c1-14-17(21)4-2-5-18(14)30(27,28)25-15-6-8-16(9-7-15)29-20-11-10-19(23-24-20)26-13-3-12-22-26/h2-13,25H,1H3. The van der Waals surface area contributed by atoms with Crippen molar-refractivity contribution in [2.75, 3.05) is 4.72 Å². The summed E-state index contributed by atoms with van der Waals surface area (Å²) < 4.78 is 35.1. The summed E-state index contributed by atoms with van der Waals surface area (Å²) in [5.74, 6) is 1.35. The maximum atomic E-state index is 12.7. The molecule has 4 aromatic rings. The lowest BCUT2D eigenvalue weighted by Crippen LogP contribution is -2.14. The molecule has 0 bridgehead atoms. The van der Waals surface area contributed by atoms with E-state index in [-0.39, 0.29) is 4.90 Å². The highest BCUT2D eigenvalue weighted by atomic mass is 35.5. The molecule has 0 fully saturated rings. The summed E-state index contributed by atoms with van der Waals surface area (Å²) in [5, 5.41) is 12.5. The Hall–Kier alpha value is -3.43. The second-order valence-corrected chi connectivity index (χ2v) is 8.33. The van der Waals surface area contributed by atoms with E-state index in [0.717, 1.165) is 0 Å². The summed E-state index contributed by atoms with van der Waals surface area (Å²) in [6, 6.07) is 16.4. The van der Waals surface area contributed by atoms with E-state index in [9.17, 15) is 8.42 Å². The van der Waals surface area contributed by atoms with Crippen molar-refractivity contribution >= 4 is 27.3 Å². The average Bonchev–Trinajstić information content (AvgIpc) is 3.27. The van der Waals surface area contributed by atoms with Crippen LogP contribution in [0.1, 0.15) is 5.56 Å². The number of nitrogens with zero attached hydrogens (tertiary/aromatic N) is 4. The Balaban J connectivity index is 1.46. The Bertz CT molecular complexity index is 1260. The fourth-order valence-corrected chi connectivity index (χ4v) is 4.25. The zero-order valence-electron chi connectivity index (χ0n) is 15.7. The largest absolute Gasteiger partial charge is 0.438 e. The number of hydrogen-bond donors (Lipinski definition) is 1. The van der Waals surface area contributed by atoms with Gasteiger partial charge >= 0.3 is 0 Å². The van der Waals surface area contributed by atoms with Crippen molar-refractivity contribution in [3.63, 3.8) is 0 Å². The number of nitrogens with one attached hydrogen (secondary N) is 1. The van der Waals surface area contributed by atoms with Gasteiger partial charge in [0.2, 0.25) is 5.88 Å². The fraction of sp³-hybridized carbons (Fsp3) is 0.0500. The molecule has 0 aliphatic rings. The average molecular weight is 442 g/mol. The third-order valence-electron chi connectivity index (χ3n) is 4.20. The first-order valence-corrected chi connectivity index (χ1v) is 10.7. The minimum Gasteiger partial charge on any atom is -0.438 e. The van der Waals surface area contributed by atoms with Gasteiger partial charge in [-0.15, -0.1) is 10.2 Å². The Morgan fingerprint density at radius 1 is 1.00 bits per heavy atom. The monoisotopic (exact) mass is 441 g/mol. The van der Waals surface area contributed by atoms with E-state index in [1.807, 2.05) is 0 Å². The van der Waals surface area contributed by atoms with Crippen molar-refractivity contribution in [3.8, 4) is 17.4 Å². The van der Waals surface area contributed by atoms with Crippen LogP contribution in [-0.4, -0.2) is 28.4 Å². The third-order valence-corrected chi connectivity index (χ3v) is 6.14. The maximum Gasteiger partial charge on any atom is 0.262 e. The topological polar surface area (TPSA) is 99.0 Å². The summed E-state index contributed by atoms with van der Waals surface area (Å²) in [6.45, 7) is 1.66. The zero-order chi connectivity index (χ0) is 21.1. The van der Waals surface area contributed by atoms with E-state index in [1.54, 1.807) is 78.6 Å². The molecule has 1 N–H and O–H groups in total. The summed E-state index contributed by atoms with van der Waals surface area (Å²) in [7, 11) is -3.77. The van der Waals surface area contributed by atoms with Gasteiger partial charge in [-0.3, -0.25) is 4.72 Å². The molecule has 2 aromatic carbocycles. The number of hydrogen-bond acceptors (Lipinski definition) is 6. The lowest BCUT2D eigenvalue weighted by molar-refractivity contribution is 0.454. The lowest BCUT2D eigenvalue weighted by Gasteiger charge is -2.12. The molecule has 0 spiro atoms. The molecule has 2 heterocycles. The quantitative estimate of drug-likeness (QED) is 0.481. The first-order valence-electron chi connectivity index (χ1n) is 8.82. The van der Waals surface area contributed by atoms with Crippen LogP contribution >= 0.6 is 11.6 Å². The maximum absolute atomic E-state index is 12.7. The van der Waals surface area contributed by atoms with Crippen molar-refractivity contribution in [1.82, 2.24) is 20.0 Å². The summed E-state index contributed by atoms with van der Waals surface area (Å²) in [6.07, 6.45) is 3.41. The Kier molecular flexibility index (Phi) is 5.39. The van der Waals surface area contributed by atoms with Gasteiger partial charge in [0.1, 0.15) is 5.75 Å². The molecular formula is C20H16ClN5O3S. The summed E-state index contributed by atoms with van der Waals surface area (Å²) >= 11 is 6.03. The first-order chi connectivity index (χ1) is 14.4. The van der Waals surface area contributed by atoms with Gasteiger partial charge in [-0.05, 0) is 61.0 Å². The molecule has 4 rings (SSSR count). The van der Waals surface area contributed by atoms with Crippen LogP contribution in [0, 0.1) is 6.92 Å². The van der Waals surface area contributed by atoms with E-state index < -0.39 is 10.0 Å². The van der Waals surface area contributed by atoms with Gasteiger partial charge in [0.05, 0.1) is 4.90 Å². The summed E-state index contributed by atoms with van der Waals surface area (Å²) in [4.78, 5) is 0.128. The van der Waals surface area contributed by atoms with Gasteiger partial charge in [-0.25, -0.2) is 13.1 Å². The predicted molar refractivity (Wildman–Crippen MR) is 113 cm³/mol. The predicted octanol–water partition coefficient (Wildman–Crippen LogP) is 4.22. The molecule has 0 saturated carbocycles. The second-order valence-electron chi connectivity index (χ2n) is 6.28. The molecule has 2 aromatic heterocycles. The fourth-order valence-electron chi connectivity index (χ4n) is 2.69. The first kappa shape index (κ1) is 19.9. The van der Waals surface area contributed by atoms with Crippen LogP contribution in [0.4, 0.5) is 5.69 Å². The van der Waals surface area contributed by atoms with Crippen molar-refractivity contribution < 1.29 is 13.2 Å². The number of halogens is 1. The van der Waals surface area contributed by atoms with E-state index in [1.165, 1.54) is 6.07 Å². The van der Waals surface area contributed by atoms with Crippen LogP contribution in [0.25, 0.3) is 5.82 Å². The Labute approximate surface area is 178 Å². The minimum absolute atomic E-state index is 0.128. The summed E-state index contributed by atoms with van der Waals surface area (Å²) in [5.41, 5.74) is 0.880. The number of anilines is 1. The molecule has 0 radical (unpaired) electrons. The van der Waals surface area contributed by atoms with E-state index in [2.05, 4.69) is 20.0 Å². The third kappa shape index (κ3) is 4.27. The molecule has 0 aliphatic carbocycles. The number of sulfonamides is 1. The number of ether oxygens (including phenoxy) is 1. The van der Waals surface area contributed by atoms with Crippen molar-refractivity contribution in [2.24, 2.45) is 0 Å². The van der Waals surface area contributed by atoms with Crippen LogP contribution < -0.4 is 9.46 Å². The van der Waals surface area contributed by atoms with Crippen LogP contribution in [0.2, 0.25) is 5.02 Å². The molecule has 0 unspecified atom stereocenters. The molecule has 0 aliphatic heterocycles. The van der Waals surface area contributed by atoms with Gasteiger partial charge in [0.25, 0.3) is 10.0 Å². The SMILES string of the molecule is Cc1c(Cl)cccc1S(=O)(=O)Nc1ccc(Oc2ccc(-n3cccn3)nn2)cc1.